The Labute approximate surface area is 202 Å². The Hall–Kier alpha value is -4.64. The van der Waals surface area contributed by atoms with E-state index in [1.165, 1.54) is 0 Å². The van der Waals surface area contributed by atoms with Gasteiger partial charge in [0.05, 0.1) is 12.8 Å². The van der Waals surface area contributed by atoms with E-state index < -0.39 is 11.5 Å². The first-order valence-electron chi connectivity index (χ1n) is 11.4. The first kappa shape index (κ1) is 20.9. The number of nitrogens with zero attached hydrogens (tertiary/aromatic N) is 1. The van der Waals surface area contributed by atoms with Crippen molar-refractivity contribution in [3.8, 4) is 17.0 Å². The minimum Gasteiger partial charge on any atom is -0.497 e. The number of benzene rings is 4. The third-order valence-corrected chi connectivity index (χ3v) is 6.41. The number of aromatic nitrogens is 1. The van der Waals surface area contributed by atoms with Crippen molar-refractivity contribution in [3.63, 3.8) is 0 Å². The highest BCUT2D eigenvalue weighted by molar-refractivity contribution is 6.12. The van der Waals surface area contributed by atoms with E-state index in [4.69, 9.17) is 14.5 Å². The number of cyclic esters (lactones) is 1. The SMILES string of the molecule is COc1ccc(C2=NC(c3ccccc3)(c3c(-c4ccccc4)[nH]c4ccccc34)C(=O)O2)cc1. The Bertz CT molecular complexity index is 1550. The van der Waals surface area contributed by atoms with Gasteiger partial charge in [0, 0.05) is 22.0 Å². The highest BCUT2D eigenvalue weighted by Gasteiger charge is 2.52. The van der Waals surface area contributed by atoms with E-state index in [2.05, 4.69) is 4.98 Å². The number of H-pyrrole nitrogens is 1. The van der Waals surface area contributed by atoms with Crippen LogP contribution in [0.15, 0.2) is 114 Å². The molecule has 1 N–H and O–H groups in total. The Balaban J connectivity index is 1.67. The van der Waals surface area contributed by atoms with Crippen molar-refractivity contribution in [1.29, 1.82) is 0 Å². The lowest BCUT2D eigenvalue weighted by atomic mass is 9.81. The normalized spacial score (nSPS) is 17.3. The molecule has 35 heavy (non-hydrogen) atoms. The second kappa shape index (κ2) is 8.29. The van der Waals surface area contributed by atoms with Crippen LogP contribution in [-0.2, 0) is 15.1 Å². The molecule has 6 rings (SSSR count). The molecular weight excluding hydrogens is 436 g/mol. The van der Waals surface area contributed by atoms with Gasteiger partial charge >= 0.3 is 5.97 Å². The van der Waals surface area contributed by atoms with Crippen LogP contribution in [0.2, 0.25) is 0 Å². The van der Waals surface area contributed by atoms with E-state index in [1.807, 2.05) is 109 Å². The van der Waals surface area contributed by atoms with Crippen molar-refractivity contribution < 1.29 is 14.3 Å². The molecule has 1 atom stereocenters. The molecular formula is C30H22N2O3. The van der Waals surface area contributed by atoms with Crippen LogP contribution in [0.1, 0.15) is 16.7 Å². The molecule has 0 saturated heterocycles. The summed E-state index contributed by atoms with van der Waals surface area (Å²) >= 11 is 0. The Kier molecular flexibility index (Phi) is 4.96. The topological polar surface area (TPSA) is 63.7 Å². The molecule has 4 aromatic carbocycles. The zero-order chi connectivity index (χ0) is 23.8. The van der Waals surface area contributed by atoms with E-state index in [9.17, 15) is 4.79 Å². The third-order valence-electron chi connectivity index (χ3n) is 6.41. The average molecular weight is 459 g/mol. The Morgan fingerprint density at radius 2 is 1.43 bits per heavy atom. The molecule has 0 bridgehead atoms. The van der Waals surface area contributed by atoms with Crippen molar-refractivity contribution >= 4 is 22.8 Å². The van der Waals surface area contributed by atoms with Gasteiger partial charge in [0.1, 0.15) is 5.75 Å². The Morgan fingerprint density at radius 3 is 2.14 bits per heavy atom. The monoisotopic (exact) mass is 458 g/mol. The molecule has 2 heterocycles. The minimum absolute atomic E-state index is 0.283. The lowest BCUT2D eigenvalue weighted by molar-refractivity contribution is -0.137. The van der Waals surface area contributed by atoms with Crippen LogP contribution in [0.5, 0.6) is 5.75 Å². The van der Waals surface area contributed by atoms with Gasteiger partial charge in [-0.25, -0.2) is 9.79 Å². The molecule has 0 amide bonds. The fourth-order valence-electron chi connectivity index (χ4n) is 4.74. The maximum Gasteiger partial charge on any atom is 0.350 e. The van der Waals surface area contributed by atoms with Gasteiger partial charge in [-0.05, 0) is 41.5 Å². The molecule has 170 valence electrons. The summed E-state index contributed by atoms with van der Waals surface area (Å²) in [6.45, 7) is 0. The Morgan fingerprint density at radius 1 is 0.771 bits per heavy atom. The predicted molar refractivity (Wildman–Crippen MR) is 137 cm³/mol. The number of rotatable bonds is 5. The van der Waals surface area contributed by atoms with Crippen LogP contribution < -0.4 is 4.74 Å². The molecule has 5 aromatic rings. The number of methoxy groups -OCH3 is 1. The van der Waals surface area contributed by atoms with Crippen molar-refractivity contribution in [3.05, 3.63) is 126 Å². The maximum absolute atomic E-state index is 14.0. The molecule has 0 radical (unpaired) electrons. The highest BCUT2D eigenvalue weighted by Crippen LogP contribution is 2.47. The summed E-state index contributed by atoms with van der Waals surface area (Å²) in [5.41, 5.74) is 3.59. The summed E-state index contributed by atoms with van der Waals surface area (Å²) in [6, 6.07) is 35.0. The standard InChI is InChI=1S/C30H22N2O3/c1-34-23-18-16-21(17-19-23)28-32-30(29(33)35-28,22-12-6-3-7-13-22)26-24-14-8-9-15-25(24)31-27(26)20-10-4-2-5-11-20/h2-19,31H,1H3. The quantitative estimate of drug-likeness (QED) is 0.324. The summed E-state index contributed by atoms with van der Waals surface area (Å²) in [5, 5.41) is 0.923. The molecule has 0 aliphatic carbocycles. The van der Waals surface area contributed by atoms with Crippen LogP contribution in [0.3, 0.4) is 0 Å². The molecule has 1 unspecified atom stereocenters. The largest absolute Gasteiger partial charge is 0.497 e. The van der Waals surface area contributed by atoms with Gasteiger partial charge in [0.15, 0.2) is 0 Å². The first-order valence-corrected chi connectivity index (χ1v) is 11.4. The summed E-state index contributed by atoms with van der Waals surface area (Å²) in [6.07, 6.45) is 0. The number of aliphatic imine (C=N–C) groups is 1. The molecule has 5 nitrogen and oxygen atoms in total. The lowest BCUT2D eigenvalue weighted by Gasteiger charge is -2.24. The average Bonchev–Trinajstić information content (AvgIpc) is 3.48. The number of fused-ring (bicyclic) bond motifs is 1. The zero-order valence-electron chi connectivity index (χ0n) is 19.1. The number of aromatic amines is 1. The van der Waals surface area contributed by atoms with Gasteiger partial charge in [0.25, 0.3) is 0 Å². The van der Waals surface area contributed by atoms with Crippen molar-refractivity contribution in [2.45, 2.75) is 5.54 Å². The molecule has 1 aliphatic rings. The fourth-order valence-corrected chi connectivity index (χ4v) is 4.74. The molecule has 1 aliphatic heterocycles. The smallest absolute Gasteiger partial charge is 0.350 e. The third kappa shape index (κ3) is 3.32. The molecule has 0 fully saturated rings. The first-order chi connectivity index (χ1) is 17.2. The zero-order valence-corrected chi connectivity index (χ0v) is 19.1. The molecule has 1 aromatic heterocycles. The number of hydrogen-bond donors (Lipinski definition) is 1. The molecule has 0 spiro atoms. The van der Waals surface area contributed by atoms with E-state index in [0.717, 1.165) is 39.0 Å². The summed E-state index contributed by atoms with van der Waals surface area (Å²) in [5.74, 6) is 0.568. The number of esters is 1. The predicted octanol–water partition coefficient (Wildman–Crippen LogP) is 6.09. The highest BCUT2D eigenvalue weighted by atomic mass is 16.6. The van der Waals surface area contributed by atoms with Gasteiger partial charge < -0.3 is 14.5 Å². The van der Waals surface area contributed by atoms with Gasteiger partial charge in [0.2, 0.25) is 11.4 Å². The second-order valence-electron chi connectivity index (χ2n) is 8.40. The van der Waals surface area contributed by atoms with Gasteiger partial charge in [-0.3, -0.25) is 0 Å². The lowest BCUT2D eigenvalue weighted by Crippen LogP contribution is -2.33. The van der Waals surface area contributed by atoms with Crippen molar-refractivity contribution in [2.24, 2.45) is 4.99 Å². The minimum atomic E-state index is -1.37. The van der Waals surface area contributed by atoms with Crippen LogP contribution in [0, 0.1) is 0 Å². The summed E-state index contributed by atoms with van der Waals surface area (Å²) < 4.78 is 11.2. The van der Waals surface area contributed by atoms with Crippen molar-refractivity contribution in [1.82, 2.24) is 4.98 Å². The maximum atomic E-state index is 14.0. The number of hydrogen-bond acceptors (Lipinski definition) is 4. The summed E-state index contributed by atoms with van der Waals surface area (Å²) in [4.78, 5) is 22.6. The fraction of sp³-hybridized carbons (Fsp3) is 0.0667. The van der Waals surface area contributed by atoms with Gasteiger partial charge in [-0.15, -0.1) is 0 Å². The number of nitrogens with one attached hydrogen (secondary N) is 1. The van der Waals surface area contributed by atoms with Crippen LogP contribution in [0.4, 0.5) is 0 Å². The van der Waals surface area contributed by atoms with E-state index in [1.54, 1.807) is 7.11 Å². The number of carbonyl (C=O) groups excluding carboxylic acids is 1. The van der Waals surface area contributed by atoms with E-state index in [-0.39, 0.29) is 5.90 Å². The molecule has 0 saturated carbocycles. The van der Waals surface area contributed by atoms with E-state index >= 15 is 0 Å². The number of para-hydroxylation sites is 1. The number of ether oxygens (including phenoxy) is 2. The summed E-state index contributed by atoms with van der Waals surface area (Å²) in [7, 11) is 1.62. The van der Waals surface area contributed by atoms with Gasteiger partial charge in [-0.1, -0.05) is 78.9 Å². The van der Waals surface area contributed by atoms with Crippen LogP contribution >= 0.6 is 0 Å². The number of carbonyl (C=O) groups is 1. The molecule has 5 heteroatoms. The van der Waals surface area contributed by atoms with E-state index in [0.29, 0.717) is 5.56 Å². The van der Waals surface area contributed by atoms with Crippen LogP contribution in [-0.4, -0.2) is 24.0 Å². The van der Waals surface area contributed by atoms with Gasteiger partial charge in [-0.2, -0.15) is 0 Å². The van der Waals surface area contributed by atoms with Crippen molar-refractivity contribution in [2.75, 3.05) is 7.11 Å². The second-order valence-corrected chi connectivity index (χ2v) is 8.40. The van der Waals surface area contributed by atoms with Crippen LogP contribution in [0.25, 0.3) is 22.2 Å².